The number of rotatable bonds is 4. The molecule has 1 heterocycles. The molecule has 5 rings (SSSR count). The fraction of sp³-hybridized carbons (Fsp3) is 0.360. The van der Waals surface area contributed by atoms with Gasteiger partial charge >= 0.3 is 0 Å². The van der Waals surface area contributed by atoms with Crippen LogP contribution in [0.4, 0.5) is 0 Å². The minimum absolute atomic E-state index is 0.0372. The number of ether oxygens (including phenoxy) is 1. The maximum atomic E-state index is 12.5. The normalized spacial score (nSPS) is 19.9. The molecule has 30 heavy (non-hydrogen) atoms. The predicted molar refractivity (Wildman–Crippen MR) is 120 cm³/mol. The first-order chi connectivity index (χ1) is 14.7. The van der Waals surface area contributed by atoms with Crippen LogP contribution in [0, 0.1) is 0 Å². The molecule has 3 aromatic rings. The second-order valence-electron chi connectivity index (χ2n) is 8.40. The first-order valence-corrected chi connectivity index (χ1v) is 11.9. The average Bonchev–Trinajstić information content (AvgIpc) is 2.78. The number of fused-ring (bicyclic) bond motifs is 3. The number of benzene rings is 2. The Hall–Kier alpha value is -2.53. The molecule has 2 aliphatic carbocycles. The number of H-pyrrole nitrogens is 1. The van der Waals surface area contributed by atoms with Gasteiger partial charge in [-0.25, -0.2) is 4.98 Å². The van der Waals surface area contributed by atoms with E-state index in [0.29, 0.717) is 11.8 Å². The van der Waals surface area contributed by atoms with Crippen molar-refractivity contribution < 1.29 is 4.74 Å². The van der Waals surface area contributed by atoms with E-state index in [-0.39, 0.29) is 11.0 Å². The Morgan fingerprint density at radius 3 is 2.83 bits per heavy atom. The Morgan fingerprint density at radius 2 is 2.00 bits per heavy atom. The van der Waals surface area contributed by atoms with Crippen molar-refractivity contribution in [3.05, 3.63) is 86.8 Å². The molecule has 154 valence electrons. The number of aromatic nitrogens is 2. The number of hydrogen-bond acceptors (Lipinski definition) is 4. The summed E-state index contributed by atoms with van der Waals surface area (Å²) in [5.74, 6) is 0.924. The lowest BCUT2D eigenvalue weighted by Crippen LogP contribution is -2.39. The third-order valence-electron chi connectivity index (χ3n) is 6.63. The molecule has 1 unspecified atom stereocenters. The number of hydrogen-bond donors (Lipinski definition) is 1. The molecule has 1 aromatic heterocycles. The summed E-state index contributed by atoms with van der Waals surface area (Å²) in [5, 5.41) is 0.715. The monoisotopic (exact) mass is 418 g/mol. The topological polar surface area (TPSA) is 55.0 Å². The van der Waals surface area contributed by atoms with E-state index in [4.69, 9.17) is 9.72 Å². The maximum absolute atomic E-state index is 12.5. The number of nitrogens with one attached hydrogen (secondary N) is 1. The summed E-state index contributed by atoms with van der Waals surface area (Å²) in [6, 6.07) is 16.9. The van der Waals surface area contributed by atoms with Crippen LogP contribution in [0.3, 0.4) is 0 Å². The van der Waals surface area contributed by atoms with Crippen molar-refractivity contribution in [3.63, 3.8) is 0 Å². The largest absolute Gasteiger partial charge is 0.489 e. The molecular weight excluding hydrogens is 392 g/mol. The third kappa shape index (κ3) is 3.56. The summed E-state index contributed by atoms with van der Waals surface area (Å²) in [6.45, 7) is 0.573. The van der Waals surface area contributed by atoms with Crippen LogP contribution in [0.15, 0.2) is 58.5 Å². The van der Waals surface area contributed by atoms with Crippen molar-refractivity contribution in [3.8, 4) is 5.75 Å². The van der Waals surface area contributed by atoms with Crippen molar-refractivity contribution in [2.24, 2.45) is 0 Å². The van der Waals surface area contributed by atoms with Gasteiger partial charge < -0.3 is 9.72 Å². The number of aryl methyl sites for hydroxylation is 1. The third-order valence-corrected chi connectivity index (χ3v) is 7.21. The van der Waals surface area contributed by atoms with Gasteiger partial charge in [0.05, 0.1) is 5.69 Å². The van der Waals surface area contributed by atoms with Crippen LogP contribution in [0.2, 0.25) is 0 Å². The van der Waals surface area contributed by atoms with E-state index >= 15 is 0 Å². The zero-order valence-corrected chi connectivity index (χ0v) is 18.1. The second kappa shape index (κ2) is 7.95. The van der Waals surface area contributed by atoms with Crippen molar-refractivity contribution in [2.45, 2.75) is 55.7 Å². The van der Waals surface area contributed by atoms with Gasteiger partial charge in [-0.15, -0.1) is 0 Å². The molecule has 4 nitrogen and oxygen atoms in total. The number of thioether (sulfide) groups is 1. The highest BCUT2D eigenvalue weighted by atomic mass is 32.2. The van der Waals surface area contributed by atoms with Crippen LogP contribution in [0.5, 0.6) is 5.75 Å². The van der Waals surface area contributed by atoms with Crippen LogP contribution < -0.4 is 10.3 Å². The van der Waals surface area contributed by atoms with E-state index in [1.807, 2.05) is 24.5 Å². The molecule has 5 heteroatoms. The summed E-state index contributed by atoms with van der Waals surface area (Å²) < 4.78 is 6.14. The van der Waals surface area contributed by atoms with Gasteiger partial charge in [0.15, 0.2) is 5.16 Å². The Kier molecular flexibility index (Phi) is 5.15. The highest BCUT2D eigenvalue weighted by Crippen LogP contribution is 2.46. The van der Waals surface area contributed by atoms with Crippen LogP contribution >= 0.6 is 11.8 Å². The fourth-order valence-corrected chi connectivity index (χ4v) is 5.48. The van der Waals surface area contributed by atoms with Crippen LogP contribution in [-0.4, -0.2) is 16.2 Å². The Balaban J connectivity index is 1.47. The molecule has 1 atom stereocenters. The van der Waals surface area contributed by atoms with Gasteiger partial charge in [0, 0.05) is 11.0 Å². The van der Waals surface area contributed by atoms with Crippen molar-refractivity contribution in [1.82, 2.24) is 9.97 Å². The van der Waals surface area contributed by atoms with E-state index in [0.717, 1.165) is 49.1 Å². The molecule has 2 aromatic carbocycles. The summed E-state index contributed by atoms with van der Waals surface area (Å²) in [5.41, 5.74) is 5.95. The van der Waals surface area contributed by atoms with E-state index in [2.05, 4.69) is 35.3 Å². The summed E-state index contributed by atoms with van der Waals surface area (Å²) in [6.07, 6.45) is 8.03. The SMILES string of the molecule is CSc1nc2c(c(=O)[nH]1)CCC1(CCCc3ccc(OCc4ccccc4)cc31)C2. The second-order valence-corrected chi connectivity index (χ2v) is 9.20. The summed E-state index contributed by atoms with van der Waals surface area (Å²) >= 11 is 1.50. The number of aromatic amines is 1. The van der Waals surface area contributed by atoms with Gasteiger partial charge in [0.1, 0.15) is 12.4 Å². The predicted octanol–water partition coefficient (Wildman–Crippen LogP) is 4.83. The standard InChI is InChI=1S/C25H26N2O2S/c1-30-24-26-22-15-25(13-11-20(22)23(28)27-24)12-5-8-18-9-10-19(14-21(18)25)29-16-17-6-3-2-4-7-17/h2-4,6-7,9-10,14H,5,8,11-13,15-16H2,1H3,(H,26,27,28). The van der Waals surface area contributed by atoms with Crippen LogP contribution in [-0.2, 0) is 31.3 Å². The van der Waals surface area contributed by atoms with E-state index in [1.165, 1.54) is 34.9 Å². The van der Waals surface area contributed by atoms with Crippen molar-refractivity contribution in [1.29, 1.82) is 0 Å². The van der Waals surface area contributed by atoms with Crippen molar-refractivity contribution in [2.75, 3.05) is 6.26 Å². The molecule has 0 radical (unpaired) electrons. The zero-order chi connectivity index (χ0) is 20.6. The molecule has 0 saturated heterocycles. The van der Waals surface area contributed by atoms with Gasteiger partial charge in [-0.3, -0.25) is 4.79 Å². The molecule has 0 aliphatic heterocycles. The van der Waals surface area contributed by atoms with Crippen LogP contribution in [0.1, 0.15) is 47.2 Å². The molecular formula is C25H26N2O2S. The van der Waals surface area contributed by atoms with Gasteiger partial charge in [-0.1, -0.05) is 48.2 Å². The van der Waals surface area contributed by atoms with E-state index < -0.39 is 0 Å². The Labute approximate surface area is 181 Å². The molecule has 1 spiro atoms. The van der Waals surface area contributed by atoms with Gasteiger partial charge in [0.25, 0.3) is 5.56 Å². The molecule has 0 bridgehead atoms. The fourth-order valence-electron chi connectivity index (χ4n) is 5.09. The first kappa shape index (κ1) is 19.4. The highest BCUT2D eigenvalue weighted by molar-refractivity contribution is 7.98. The average molecular weight is 419 g/mol. The highest BCUT2D eigenvalue weighted by Gasteiger charge is 2.41. The smallest absolute Gasteiger partial charge is 0.254 e. The Bertz CT molecular complexity index is 1130. The quantitative estimate of drug-likeness (QED) is 0.487. The molecule has 0 amide bonds. The lowest BCUT2D eigenvalue weighted by Gasteiger charge is -2.42. The minimum atomic E-state index is 0.0372. The van der Waals surface area contributed by atoms with Gasteiger partial charge in [0.2, 0.25) is 0 Å². The van der Waals surface area contributed by atoms with E-state index in [1.54, 1.807) is 0 Å². The molecule has 0 saturated carbocycles. The van der Waals surface area contributed by atoms with E-state index in [9.17, 15) is 4.79 Å². The van der Waals surface area contributed by atoms with Gasteiger partial charge in [-0.2, -0.15) is 0 Å². The number of nitrogens with zero attached hydrogens (tertiary/aromatic N) is 1. The Morgan fingerprint density at radius 1 is 1.13 bits per heavy atom. The minimum Gasteiger partial charge on any atom is -0.489 e. The lowest BCUT2D eigenvalue weighted by atomic mass is 9.62. The first-order valence-electron chi connectivity index (χ1n) is 10.6. The van der Waals surface area contributed by atoms with Crippen LogP contribution in [0.25, 0.3) is 0 Å². The molecule has 2 aliphatic rings. The zero-order valence-electron chi connectivity index (χ0n) is 17.2. The van der Waals surface area contributed by atoms with Gasteiger partial charge in [-0.05, 0) is 73.6 Å². The molecule has 0 fully saturated rings. The lowest BCUT2D eigenvalue weighted by molar-refractivity contribution is 0.293. The maximum Gasteiger partial charge on any atom is 0.254 e. The molecule has 1 N–H and O–H groups in total. The summed E-state index contributed by atoms with van der Waals surface area (Å²) in [7, 11) is 0. The van der Waals surface area contributed by atoms with Crippen molar-refractivity contribution >= 4 is 11.8 Å². The summed E-state index contributed by atoms with van der Waals surface area (Å²) in [4.78, 5) is 20.2.